The maximum atomic E-state index is 15.0. The van der Waals surface area contributed by atoms with E-state index in [-0.39, 0.29) is 83.5 Å². The summed E-state index contributed by atoms with van der Waals surface area (Å²) in [5.41, 5.74) is 19.2. The summed E-state index contributed by atoms with van der Waals surface area (Å²) < 4.78 is 0. The SMILES string of the molecule is CCCC[C@H](NC(C)=O)C(=O)N[C@H]1CC(=O)NCCCC[C@@H](C(N)=O)NC(=O)[C@@H]2CCCN2C(=O)[C@H](Cc2c[nH]c3ccccc23)NC(=O)[C@H](CCCN=C(N)N)NC(=O)[C@@H](Cc2ccc3ccccc3c2)NC(=O)[C@@H]2CCCN2C1=O. The molecule has 0 bridgehead atoms. The summed E-state index contributed by atoms with van der Waals surface area (Å²) in [5.74, 6) is -7.02. The Morgan fingerprint density at radius 1 is 0.707 bits per heavy atom. The van der Waals surface area contributed by atoms with Gasteiger partial charge in [0.2, 0.25) is 59.1 Å². The summed E-state index contributed by atoms with van der Waals surface area (Å²) in [7, 11) is 0. The summed E-state index contributed by atoms with van der Waals surface area (Å²) in [6.45, 7) is 3.52. The Morgan fingerprint density at radius 2 is 1.37 bits per heavy atom. The first-order chi connectivity index (χ1) is 39.4. The van der Waals surface area contributed by atoms with Crippen molar-refractivity contribution in [3.8, 4) is 0 Å². The van der Waals surface area contributed by atoms with Gasteiger partial charge in [0.1, 0.15) is 48.3 Å². The second-order valence-electron chi connectivity index (χ2n) is 21.4. The number of guanidine groups is 1. The maximum Gasteiger partial charge on any atom is 0.246 e. The number of carbonyl (C=O) groups is 10. The van der Waals surface area contributed by atoms with E-state index in [2.05, 4.69) is 47.2 Å². The second-order valence-corrected chi connectivity index (χ2v) is 21.4. The standard InChI is InChI=1S/C58H78N14O10/c1-3-4-17-42(65-34(2)73)51(76)70-46-32-49(74)62-25-10-9-19-41(50(59)75)66-54(79)47-21-12-27-71(47)56(81)45(31-38-33-64-40-18-8-7-16-39(38)40)69-52(77)43(20-11-26-63-58(60)61)67-53(78)44(68-55(80)48-22-13-28-72(48)57(46)82)30-35-23-24-36-14-5-6-15-37(36)29-35/h5-8,14-16,18,23-24,29,33,41-48,64H,3-4,9-13,17,19-22,25-28,30-32H2,1-2H3,(H2,59,75)(H,62,74)(H,65,73)(H,66,79)(H,67,78)(H,68,80)(H,69,77)(H,70,76)(H4,60,61,63)/t41-,42-,43-,44+,45-,46-,47-,48-/m0/s1. The molecule has 4 aromatic rings. The smallest absolute Gasteiger partial charge is 0.246 e. The Hall–Kier alpha value is -8.57. The first-order valence-corrected chi connectivity index (χ1v) is 28.4. The minimum Gasteiger partial charge on any atom is -0.370 e. The quantitative estimate of drug-likeness (QED) is 0.0439. The van der Waals surface area contributed by atoms with E-state index >= 15 is 9.59 Å². The third kappa shape index (κ3) is 16.5. The van der Waals surface area contributed by atoms with E-state index < -0.39 is 114 Å². The molecule has 440 valence electrons. The Labute approximate surface area is 476 Å². The highest BCUT2D eigenvalue weighted by Crippen LogP contribution is 2.25. The Kier molecular flexibility index (Phi) is 21.8. The van der Waals surface area contributed by atoms with Gasteiger partial charge in [0.15, 0.2) is 5.96 Å². The van der Waals surface area contributed by atoms with Crippen LogP contribution in [0.1, 0.15) is 108 Å². The maximum absolute atomic E-state index is 15.0. The molecule has 0 saturated carbocycles. The number of H-pyrrole nitrogens is 1. The van der Waals surface area contributed by atoms with Crippen LogP contribution in [0.15, 0.2) is 77.9 Å². The van der Waals surface area contributed by atoms with E-state index in [1.165, 1.54) is 16.7 Å². The number of nitrogens with zero attached hydrogens (tertiary/aromatic N) is 3. The van der Waals surface area contributed by atoms with Crippen molar-refractivity contribution >= 4 is 86.7 Å². The van der Waals surface area contributed by atoms with E-state index in [1.54, 1.807) is 6.20 Å². The molecule has 8 atom stereocenters. The molecule has 0 aliphatic carbocycles. The van der Waals surface area contributed by atoms with E-state index in [9.17, 15) is 38.4 Å². The molecular weight excluding hydrogens is 1050 g/mol. The van der Waals surface area contributed by atoms with Gasteiger partial charge in [0.05, 0.1) is 6.42 Å². The van der Waals surface area contributed by atoms with Gasteiger partial charge in [-0.2, -0.15) is 0 Å². The van der Waals surface area contributed by atoms with Gasteiger partial charge < -0.3 is 69.2 Å². The summed E-state index contributed by atoms with van der Waals surface area (Å²) in [6.07, 6.45) is 4.57. The number of carbonyl (C=O) groups excluding carboxylic acids is 10. The Bertz CT molecular complexity index is 3010. The fourth-order valence-corrected chi connectivity index (χ4v) is 11.0. The number of unbranched alkanes of at least 4 members (excludes halogenated alkanes) is 1. The lowest BCUT2D eigenvalue weighted by molar-refractivity contribution is -0.143. The van der Waals surface area contributed by atoms with Crippen molar-refractivity contribution in [3.63, 3.8) is 0 Å². The lowest BCUT2D eigenvalue weighted by atomic mass is 9.99. The molecule has 4 heterocycles. The average Bonchev–Trinajstić information content (AvgIpc) is 4.42. The molecule has 3 aliphatic heterocycles. The lowest BCUT2D eigenvalue weighted by Gasteiger charge is -2.31. The normalized spacial score (nSPS) is 23.3. The highest BCUT2D eigenvalue weighted by atomic mass is 16.2. The second kappa shape index (κ2) is 29.2. The molecule has 3 aliphatic rings. The molecule has 0 spiro atoms. The summed E-state index contributed by atoms with van der Waals surface area (Å²) in [5, 5.41) is 22.1. The van der Waals surface area contributed by atoms with Gasteiger partial charge in [-0.3, -0.25) is 52.9 Å². The third-order valence-corrected chi connectivity index (χ3v) is 15.3. The van der Waals surface area contributed by atoms with Crippen molar-refractivity contribution in [3.05, 3.63) is 84.1 Å². The van der Waals surface area contributed by atoms with Crippen LogP contribution in [0.5, 0.6) is 0 Å². The number of amides is 10. The molecule has 7 rings (SSSR count). The van der Waals surface area contributed by atoms with Crippen LogP contribution in [0.4, 0.5) is 0 Å². The summed E-state index contributed by atoms with van der Waals surface area (Å²) in [6, 6.07) is 10.7. The molecule has 0 unspecified atom stereocenters. The lowest BCUT2D eigenvalue weighted by Crippen LogP contribution is -2.60. The first kappa shape index (κ1) is 61.1. The number of aliphatic imine (C=N–C) groups is 1. The van der Waals surface area contributed by atoms with Gasteiger partial charge in [-0.25, -0.2) is 0 Å². The van der Waals surface area contributed by atoms with Gasteiger partial charge in [0, 0.05) is 63.0 Å². The molecule has 10 amide bonds. The fourth-order valence-electron chi connectivity index (χ4n) is 11.0. The predicted octanol–water partition coefficient (Wildman–Crippen LogP) is 0.436. The Balaban J connectivity index is 1.26. The van der Waals surface area contributed by atoms with Gasteiger partial charge in [0.25, 0.3) is 0 Å². The number of para-hydroxylation sites is 1. The van der Waals surface area contributed by atoms with Gasteiger partial charge in [-0.1, -0.05) is 80.4 Å². The van der Waals surface area contributed by atoms with Crippen LogP contribution in [0, 0.1) is 0 Å². The van der Waals surface area contributed by atoms with Crippen molar-refractivity contribution < 1.29 is 47.9 Å². The number of hydrogen-bond donors (Lipinski definition) is 11. The van der Waals surface area contributed by atoms with Crippen LogP contribution in [0.3, 0.4) is 0 Å². The number of rotatable bonds is 15. The van der Waals surface area contributed by atoms with E-state index in [0.717, 1.165) is 21.7 Å². The van der Waals surface area contributed by atoms with Crippen LogP contribution in [-0.4, -0.2) is 154 Å². The highest BCUT2D eigenvalue weighted by molar-refractivity contribution is 6.00. The number of aromatic nitrogens is 1. The van der Waals surface area contributed by atoms with E-state index in [4.69, 9.17) is 17.2 Å². The number of nitrogens with two attached hydrogens (primary N) is 3. The summed E-state index contributed by atoms with van der Waals surface area (Å²) >= 11 is 0. The molecule has 3 fully saturated rings. The van der Waals surface area contributed by atoms with Gasteiger partial charge in [-0.05, 0) is 92.2 Å². The molecule has 3 saturated heterocycles. The molecule has 1 aromatic heterocycles. The molecule has 3 aromatic carbocycles. The van der Waals surface area contributed by atoms with Crippen molar-refractivity contribution in [2.75, 3.05) is 26.2 Å². The highest BCUT2D eigenvalue weighted by Gasteiger charge is 2.42. The van der Waals surface area contributed by atoms with Crippen LogP contribution in [0.25, 0.3) is 21.7 Å². The molecule has 82 heavy (non-hydrogen) atoms. The number of benzene rings is 3. The van der Waals surface area contributed by atoms with Crippen LogP contribution >= 0.6 is 0 Å². The molecule has 0 radical (unpaired) electrons. The average molecular weight is 1130 g/mol. The van der Waals surface area contributed by atoms with Gasteiger partial charge in [-0.15, -0.1) is 0 Å². The summed E-state index contributed by atoms with van der Waals surface area (Å²) in [4.78, 5) is 151. The van der Waals surface area contributed by atoms with Crippen LogP contribution in [-0.2, 0) is 60.8 Å². The van der Waals surface area contributed by atoms with Crippen LogP contribution in [0.2, 0.25) is 0 Å². The third-order valence-electron chi connectivity index (χ3n) is 15.3. The number of fused-ring (bicyclic) bond motifs is 4. The topological polar surface area (TPSA) is 368 Å². The predicted molar refractivity (Wildman–Crippen MR) is 306 cm³/mol. The van der Waals surface area contributed by atoms with Crippen molar-refractivity contribution in [2.45, 2.75) is 158 Å². The zero-order valence-corrected chi connectivity index (χ0v) is 46.6. The minimum absolute atomic E-state index is 0.0366. The number of hydrogen-bond acceptors (Lipinski definition) is 11. The number of nitrogens with one attached hydrogen (secondary N) is 8. The number of primary amides is 1. The molecule has 24 heteroatoms. The minimum atomic E-state index is -1.50. The first-order valence-electron chi connectivity index (χ1n) is 28.4. The zero-order chi connectivity index (χ0) is 58.9. The molecular formula is C58H78N14O10. The zero-order valence-electron chi connectivity index (χ0n) is 46.6. The van der Waals surface area contributed by atoms with Crippen molar-refractivity contribution in [1.82, 2.24) is 52.0 Å². The molecule has 24 nitrogen and oxygen atoms in total. The number of aromatic amines is 1. The molecule has 14 N–H and O–H groups in total. The largest absolute Gasteiger partial charge is 0.370 e. The fraction of sp³-hybridized carbons (Fsp3) is 0.500. The van der Waals surface area contributed by atoms with E-state index in [0.29, 0.717) is 49.7 Å². The monoisotopic (exact) mass is 1130 g/mol. The van der Waals surface area contributed by atoms with Crippen molar-refractivity contribution in [1.29, 1.82) is 0 Å². The van der Waals surface area contributed by atoms with E-state index in [1.807, 2.05) is 73.7 Å². The van der Waals surface area contributed by atoms with Gasteiger partial charge >= 0.3 is 0 Å². The van der Waals surface area contributed by atoms with Crippen LogP contribution < -0.4 is 54.4 Å². The van der Waals surface area contributed by atoms with Crippen molar-refractivity contribution in [2.24, 2.45) is 22.2 Å². The Morgan fingerprint density at radius 3 is 2.07 bits per heavy atom.